The number of hydrogen-bond donors (Lipinski definition) is 1. The molecular formula is C11H8O3. The van der Waals surface area contributed by atoms with Gasteiger partial charge in [-0.05, 0) is 23.3 Å². The highest BCUT2D eigenvalue weighted by atomic mass is 16.6. The number of rotatable bonds is 1. The molecule has 14 heavy (non-hydrogen) atoms. The highest BCUT2D eigenvalue weighted by molar-refractivity contribution is 5.88. The quantitative estimate of drug-likeness (QED) is 0.684. The van der Waals surface area contributed by atoms with Crippen molar-refractivity contribution in [2.24, 2.45) is 0 Å². The van der Waals surface area contributed by atoms with E-state index in [9.17, 15) is 4.79 Å². The van der Waals surface area contributed by atoms with E-state index in [-0.39, 0.29) is 12.2 Å². The van der Waals surface area contributed by atoms with Crippen LogP contribution in [0.3, 0.4) is 0 Å². The van der Waals surface area contributed by atoms with Crippen LogP contribution in [-0.2, 0) is 4.74 Å². The summed E-state index contributed by atoms with van der Waals surface area (Å²) < 4.78 is 5.36. The molecule has 0 amide bonds. The van der Waals surface area contributed by atoms with Crippen LogP contribution in [0.1, 0.15) is 27.6 Å². The third kappa shape index (κ3) is 0.992. The first-order chi connectivity index (χ1) is 6.75. The monoisotopic (exact) mass is 188 g/mol. The zero-order valence-electron chi connectivity index (χ0n) is 7.31. The largest absolute Gasteiger partial charge is 0.478 e. The zero-order chi connectivity index (χ0) is 9.71. The Balaban J connectivity index is 2.14. The summed E-state index contributed by atoms with van der Waals surface area (Å²) in [6.45, 7) is 0. The molecule has 1 aromatic carbocycles. The van der Waals surface area contributed by atoms with Crippen LogP contribution in [0.2, 0.25) is 0 Å². The molecule has 0 saturated carbocycles. The van der Waals surface area contributed by atoms with Gasteiger partial charge in [0.25, 0.3) is 0 Å². The van der Waals surface area contributed by atoms with Gasteiger partial charge in [0.15, 0.2) is 0 Å². The minimum absolute atomic E-state index is 0.0919. The fourth-order valence-electron chi connectivity index (χ4n) is 1.82. The Hall–Kier alpha value is -1.61. The van der Waals surface area contributed by atoms with Gasteiger partial charge in [-0.3, -0.25) is 0 Å². The number of carboxylic acids is 1. The normalized spacial score (nSPS) is 26.6. The van der Waals surface area contributed by atoms with Crippen molar-refractivity contribution in [3.8, 4) is 0 Å². The predicted molar refractivity (Wildman–Crippen MR) is 50.0 cm³/mol. The van der Waals surface area contributed by atoms with Crippen molar-refractivity contribution in [1.82, 2.24) is 0 Å². The molecule has 3 heteroatoms. The summed E-state index contributed by atoms with van der Waals surface area (Å²) in [7, 11) is 0. The first kappa shape index (κ1) is 7.76. The molecule has 0 aromatic heterocycles. The van der Waals surface area contributed by atoms with Gasteiger partial charge in [-0.15, -0.1) is 0 Å². The first-order valence-electron chi connectivity index (χ1n) is 4.46. The minimum atomic E-state index is -0.889. The zero-order valence-corrected chi connectivity index (χ0v) is 7.31. The maximum atomic E-state index is 10.7. The topological polar surface area (TPSA) is 49.8 Å². The van der Waals surface area contributed by atoms with Gasteiger partial charge in [0.05, 0.1) is 5.56 Å². The molecule has 1 heterocycles. The predicted octanol–water partition coefficient (Wildman–Crippen LogP) is 1.85. The van der Waals surface area contributed by atoms with E-state index in [1.54, 1.807) is 12.1 Å². The molecule has 70 valence electrons. The first-order valence-corrected chi connectivity index (χ1v) is 4.46. The maximum absolute atomic E-state index is 10.7. The molecule has 0 spiro atoms. The van der Waals surface area contributed by atoms with E-state index in [0.29, 0.717) is 5.56 Å². The van der Waals surface area contributed by atoms with Gasteiger partial charge in [-0.1, -0.05) is 18.2 Å². The molecule has 3 nitrogen and oxygen atoms in total. The second kappa shape index (κ2) is 2.45. The minimum Gasteiger partial charge on any atom is -0.478 e. The van der Waals surface area contributed by atoms with Crippen molar-refractivity contribution in [2.45, 2.75) is 12.2 Å². The Morgan fingerprint density at radius 3 is 3.07 bits per heavy atom. The second-order valence-electron chi connectivity index (χ2n) is 3.53. The highest BCUT2D eigenvalue weighted by Gasteiger charge is 2.41. The van der Waals surface area contributed by atoms with Crippen molar-refractivity contribution in [3.05, 3.63) is 41.0 Å². The molecule has 1 aliphatic carbocycles. The van der Waals surface area contributed by atoms with Gasteiger partial charge in [0, 0.05) is 0 Å². The number of benzene rings is 1. The Kier molecular flexibility index (Phi) is 1.36. The SMILES string of the molecule is O=C(O)c1ccc2c(c1)C1OC1C=C2. The maximum Gasteiger partial charge on any atom is 0.335 e. The summed E-state index contributed by atoms with van der Waals surface area (Å²) in [5, 5.41) is 8.83. The summed E-state index contributed by atoms with van der Waals surface area (Å²) in [5.41, 5.74) is 2.39. The molecule has 1 N–H and O–H groups in total. The number of ether oxygens (including phenoxy) is 1. The summed E-state index contributed by atoms with van der Waals surface area (Å²) in [5.74, 6) is -0.889. The van der Waals surface area contributed by atoms with Crippen molar-refractivity contribution in [2.75, 3.05) is 0 Å². The van der Waals surface area contributed by atoms with Gasteiger partial charge in [-0.2, -0.15) is 0 Å². The summed E-state index contributed by atoms with van der Waals surface area (Å²) >= 11 is 0. The fourth-order valence-corrected chi connectivity index (χ4v) is 1.82. The molecule has 2 aliphatic rings. The number of epoxide rings is 1. The summed E-state index contributed by atoms with van der Waals surface area (Å²) in [6, 6.07) is 5.15. The van der Waals surface area contributed by atoms with Crippen LogP contribution >= 0.6 is 0 Å². The third-order valence-electron chi connectivity index (χ3n) is 2.63. The molecule has 2 atom stereocenters. The Labute approximate surface area is 80.6 Å². The number of hydrogen-bond acceptors (Lipinski definition) is 2. The van der Waals surface area contributed by atoms with Crippen LogP contribution in [0.4, 0.5) is 0 Å². The van der Waals surface area contributed by atoms with Crippen LogP contribution in [0.15, 0.2) is 24.3 Å². The van der Waals surface area contributed by atoms with Crippen molar-refractivity contribution < 1.29 is 14.6 Å². The number of fused-ring (bicyclic) bond motifs is 3. The van der Waals surface area contributed by atoms with Crippen LogP contribution < -0.4 is 0 Å². The van der Waals surface area contributed by atoms with Crippen LogP contribution in [0.5, 0.6) is 0 Å². The van der Waals surface area contributed by atoms with E-state index < -0.39 is 5.97 Å². The molecule has 3 rings (SSSR count). The van der Waals surface area contributed by atoms with Crippen LogP contribution in [-0.4, -0.2) is 17.2 Å². The van der Waals surface area contributed by atoms with E-state index >= 15 is 0 Å². The van der Waals surface area contributed by atoms with E-state index in [1.807, 2.05) is 18.2 Å². The molecular weight excluding hydrogens is 180 g/mol. The molecule has 1 saturated heterocycles. The van der Waals surface area contributed by atoms with Gasteiger partial charge >= 0.3 is 5.97 Å². The molecule has 1 fully saturated rings. The lowest BCUT2D eigenvalue weighted by Crippen LogP contribution is -2.01. The van der Waals surface area contributed by atoms with E-state index in [2.05, 4.69) is 0 Å². The average Bonchev–Trinajstić information content (AvgIpc) is 2.95. The standard InChI is InChI=1S/C11H8O3/c12-11(13)7-2-1-6-3-4-9-10(14-9)8(6)5-7/h1-5,9-10H,(H,12,13). The van der Waals surface area contributed by atoms with Crippen LogP contribution in [0, 0.1) is 0 Å². The van der Waals surface area contributed by atoms with Crippen LogP contribution in [0.25, 0.3) is 6.08 Å². The van der Waals surface area contributed by atoms with Crippen molar-refractivity contribution >= 4 is 12.0 Å². The third-order valence-corrected chi connectivity index (χ3v) is 2.63. The molecule has 1 aromatic rings. The van der Waals surface area contributed by atoms with Gasteiger partial charge < -0.3 is 9.84 Å². The van der Waals surface area contributed by atoms with Gasteiger partial charge in [-0.25, -0.2) is 4.79 Å². The lowest BCUT2D eigenvalue weighted by Gasteiger charge is -2.07. The lowest BCUT2D eigenvalue weighted by molar-refractivity contribution is 0.0697. The van der Waals surface area contributed by atoms with E-state index in [1.165, 1.54) is 0 Å². The average molecular weight is 188 g/mol. The van der Waals surface area contributed by atoms with E-state index in [0.717, 1.165) is 11.1 Å². The number of carboxylic acid groups (broad SMARTS) is 1. The van der Waals surface area contributed by atoms with Gasteiger partial charge in [0.2, 0.25) is 0 Å². The number of carbonyl (C=O) groups is 1. The smallest absolute Gasteiger partial charge is 0.335 e. The Morgan fingerprint density at radius 2 is 2.29 bits per heavy atom. The number of aromatic carboxylic acids is 1. The Morgan fingerprint density at radius 1 is 1.43 bits per heavy atom. The van der Waals surface area contributed by atoms with Crippen molar-refractivity contribution in [3.63, 3.8) is 0 Å². The van der Waals surface area contributed by atoms with E-state index in [4.69, 9.17) is 9.84 Å². The molecule has 0 radical (unpaired) electrons. The summed E-state index contributed by atoms with van der Waals surface area (Å²) in [6.07, 6.45) is 4.25. The molecule has 2 unspecified atom stereocenters. The van der Waals surface area contributed by atoms with Gasteiger partial charge in [0.1, 0.15) is 12.2 Å². The highest BCUT2D eigenvalue weighted by Crippen LogP contribution is 2.45. The Bertz CT molecular complexity index is 448. The second-order valence-corrected chi connectivity index (χ2v) is 3.53. The molecule has 1 aliphatic heterocycles. The van der Waals surface area contributed by atoms with Crippen molar-refractivity contribution in [1.29, 1.82) is 0 Å². The summed E-state index contributed by atoms with van der Waals surface area (Å²) in [4.78, 5) is 10.7. The molecule has 0 bridgehead atoms. The lowest BCUT2D eigenvalue weighted by atomic mass is 9.95. The fraction of sp³-hybridized carbons (Fsp3) is 0.182.